The van der Waals surface area contributed by atoms with Crippen LogP contribution in [0.5, 0.6) is 0 Å². The van der Waals surface area contributed by atoms with Gasteiger partial charge in [-0.1, -0.05) is 30.3 Å². The summed E-state index contributed by atoms with van der Waals surface area (Å²) in [7, 11) is 2.19. The highest BCUT2D eigenvalue weighted by atomic mass is 32.1. The predicted octanol–water partition coefficient (Wildman–Crippen LogP) is 2.91. The standard InChI is InChI=1S/C22H30N4OS/c1-24-11-13-25(14-12-24)9-5-10-26(17-21-23-8-15-28-21)22(27)20-16-19(20)18-6-3-2-4-7-18/h2-4,6-8,15,19-20H,5,9-14,16-17H2,1H3/t19-,20+/m0/s1. The minimum atomic E-state index is 0.144. The Balaban J connectivity index is 1.33. The minimum Gasteiger partial charge on any atom is -0.336 e. The molecule has 0 unspecified atom stereocenters. The molecule has 1 saturated heterocycles. The highest BCUT2D eigenvalue weighted by Gasteiger charge is 2.45. The summed E-state index contributed by atoms with van der Waals surface area (Å²) in [5, 5.41) is 3.02. The molecule has 1 aromatic heterocycles. The lowest BCUT2D eigenvalue weighted by Crippen LogP contribution is -2.45. The van der Waals surface area contributed by atoms with E-state index in [1.807, 2.05) is 17.6 Å². The van der Waals surface area contributed by atoms with Crippen molar-refractivity contribution in [3.05, 3.63) is 52.5 Å². The van der Waals surface area contributed by atoms with E-state index in [0.29, 0.717) is 18.4 Å². The molecule has 150 valence electrons. The van der Waals surface area contributed by atoms with Crippen molar-refractivity contribution in [3.8, 4) is 0 Å². The number of nitrogens with zero attached hydrogens (tertiary/aromatic N) is 4. The number of carbonyl (C=O) groups excluding carboxylic acids is 1. The van der Waals surface area contributed by atoms with Crippen LogP contribution in [-0.2, 0) is 11.3 Å². The van der Waals surface area contributed by atoms with Crippen LogP contribution >= 0.6 is 11.3 Å². The van der Waals surface area contributed by atoms with Crippen LogP contribution in [0.1, 0.15) is 29.3 Å². The highest BCUT2D eigenvalue weighted by Crippen LogP contribution is 2.48. The summed E-state index contributed by atoms with van der Waals surface area (Å²) in [6.45, 7) is 7.10. The number of thiazole rings is 1. The number of aromatic nitrogens is 1. The molecule has 2 aromatic rings. The fourth-order valence-corrected chi connectivity index (χ4v) is 4.72. The van der Waals surface area contributed by atoms with E-state index in [1.54, 1.807) is 11.3 Å². The van der Waals surface area contributed by atoms with Gasteiger partial charge in [-0.05, 0) is 37.9 Å². The monoisotopic (exact) mass is 398 g/mol. The third-order valence-electron chi connectivity index (χ3n) is 5.95. The van der Waals surface area contributed by atoms with E-state index in [0.717, 1.165) is 57.1 Å². The zero-order valence-corrected chi connectivity index (χ0v) is 17.5. The summed E-state index contributed by atoms with van der Waals surface area (Å²) < 4.78 is 0. The van der Waals surface area contributed by atoms with E-state index in [-0.39, 0.29) is 5.92 Å². The first kappa shape index (κ1) is 19.6. The molecule has 2 fully saturated rings. The molecule has 2 atom stereocenters. The average Bonchev–Trinajstić information content (AvgIpc) is 3.36. The van der Waals surface area contributed by atoms with Gasteiger partial charge in [-0.3, -0.25) is 4.79 Å². The van der Waals surface area contributed by atoms with Gasteiger partial charge in [0.05, 0.1) is 6.54 Å². The fourth-order valence-electron chi connectivity index (χ4n) is 4.09. The van der Waals surface area contributed by atoms with Crippen molar-refractivity contribution < 1.29 is 4.79 Å². The zero-order chi connectivity index (χ0) is 19.3. The third-order valence-corrected chi connectivity index (χ3v) is 6.72. The zero-order valence-electron chi connectivity index (χ0n) is 16.7. The molecule has 6 heteroatoms. The molecule has 1 aromatic carbocycles. The van der Waals surface area contributed by atoms with Gasteiger partial charge in [-0.15, -0.1) is 11.3 Å². The Bertz CT molecular complexity index is 743. The van der Waals surface area contributed by atoms with Gasteiger partial charge in [0.1, 0.15) is 5.01 Å². The van der Waals surface area contributed by atoms with Crippen LogP contribution in [0.2, 0.25) is 0 Å². The van der Waals surface area contributed by atoms with E-state index in [2.05, 4.69) is 51.0 Å². The molecule has 1 aliphatic heterocycles. The SMILES string of the molecule is CN1CCN(CCCN(Cc2nccs2)C(=O)[C@@H]2C[C@H]2c2ccccc2)CC1. The Hall–Kier alpha value is -1.76. The van der Waals surface area contributed by atoms with Gasteiger partial charge in [0.2, 0.25) is 5.91 Å². The van der Waals surface area contributed by atoms with Crippen molar-refractivity contribution in [1.82, 2.24) is 19.7 Å². The molecule has 1 aliphatic carbocycles. The number of piperazine rings is 1. The summed E-state index contributed by atoms with van der Waals surface area (Å²) in [5.41, 5.74) is 1.30. The first-order valence-corrected chi connectivity index (χ1v) is 11.2. The van der Waals surface area contributed by atoms with Crippen molar-refractivity contribution >= 4 is 17.2 Å². The Kier molecular flexibility index (Phi) is 6.40. The van der Waals surface area contributed by atoms with E-state index in [4.69, 9.17) is 0 Å². The van der Waals surface area contributed by atoms with Crippen LogP contribution in [0, 0.1) is 5.92 Å². The number of carbonyl (C=O) groups is 1. The second kappa shape index (κ2) is 9.16. The maximum atomic E-state index is 13.2. The van der Waals surface area contributed by atoms with Crippen LogP contribution in [-0.4, -0.2) is 71.9 Å². The Morgan fingerprint density at radius 1 is 1.21 bits per heavy atom. The van der Waals surface area contributed by atoms with Gasteiger partial charge >= 0.3 is 0 Å². The molecule has 0 N–H and O–H groups in total. The van der Waals surface area contributed by atoms with Gasteiger partial charge in [0.15, 0.2) is 0 Å². The summed E-state index contributed by atoms with van der Waals surface area (Å²) in [4.78, 5) is 24.6. The summed E-state index contributed by atoms with van der Waals surface area (Å²) in [5.74, 6) is 0.846. The smallest absolute Gasteiger partial charge is 0.226 e. The number of hydrogen-bond acceptors (Lipinski definition) is 5. The van der Waals surface area contributed by atoms with Crippen LogP contribution in [0.4, 0.5) is 0 Å². The molecule has 1 amide bonds. The molecular weight excluding hydrogens is 368 g/mol. The molecule has 1 saturated carbocycles. The number of rotatable bonds is 8. The van der Waals surface area contributed by atoms with Crippen molar-refractivity contribution in [1.29, 1.82) is 0 Å². The van der Waals surface area contributed by atoms with Crippen LogP contribution in [0.25, 0.3) is 0 Å². The first-order valence-electron chi connectivity index (χ1n) is 10.3. The van der Waals surface area contributed by atoms with Crippen LogP contribution < -0.4 is 0 Å². The molecule has 4 rings (SSSR count). The van der Waals surface area contributed by atoms with E-state index >= 15 is 0 Å². The van der Waals surface area contributed by atoms with Gasteiger partial charge in [0.25, 0.3) is 0 Å². The maximum Gasteiger partial charge on any atom is 0.226 e. The van der Waals surface area contributed by atoms with Crippen molar-refractivity contribution in [2.75, 3.05) is 46.3 Å². The molecule has 5 nitrogen and oxygen atoms in total. The van der Waals surface area contributed by atoms with Crippen LogP contribution in [0.15, 0.2) is 41.9 Å². The van der Waals surface area contributed by atoms with Crippen molar-refractivity contribution in [3.63, 3.8) is 0 Å². The quantitative estimate of drug-likeness (QED) is 0.685. The van der Waals surface area contributed by atoms with Crippen molar-refractivity contribution in [2.24, 2.45) is 5.92 Å². The second-order valence-corrected chi connectivity index (χ2v) is 9.02. The first-order chi connectivity index (χ1) is 13.7. The maximum absolute atomic E-state index is 13.2. The number of likely N-dealkylation sites (N-methyl/N-ethyl adjacent to an activating group) is 1. The second-order valence-electron chi connectivity index (χ2n) is 8.04. The molecule has 0 radical (unpaired) electrons. The normalized spacial score (nSPS) is 22.9. The van der Waals surface area contributed by atoms with Gasteiger partial charge < -0.3 is 14.7 Å². The number of benzene rings is 1. The Morgan fingerprint density at radius 3 is 2.71 bits per heavy atom. The Morgan fingerprint density at radius 2 is 2.00 bits per heavy atom. The largest absolute Gasteiger partial charge is 0.336 e. The predicted molar refractivity (Wildman–Crippen MR) is 113 cm³/mol. The lowest BCUT2D eigenvalue weighted by molar-refractivity contribution is -0.133. The summed E-state index contributed by atoms with van der Waals surface area (Å²) >= 11 is 1.64. The molecule has 2 heterocycles. The molecule has 2 aliphatic rings. The van der Waals surface area contributed by atoms with E-state index in [9.17, 15) is 4.79 Å². The lowest BCUT2D eigenvalue weighted by atomic mass is 10.1. The lowest BCUT2D eigenvalue weighted by Gasteiger charge is -2.33. The topological polar surface area (TPSA) is 39.7 Å². The van der Waals surface area contributed by atoms with E-state index in [1.165, 1.54) is 5.56 Å². The van der Waals surface area contributed by atoms with Gasteiger partial charge in [0, 0.05) is 50.2 Å². The van der Waals surface area contributed by atoms with Gasteiger partial charge in [-0.2, -0.15) is 0 Å². The fraction of sp³-hybridized carbons (Fsp3) is 0.545. The molecule has 0 spiro atoms. The summed E-state index contributed by atoms with van der Waals surface area (Å²) in [6.07, 6.45) is 3.84. The third kappa shape index (κ3) is 4.99. The minimum absolute atomic E-state index is 0.144. The summed E-state index contributed by atoms with van der Waals surface area (Å²) in [6, 6.07) is 10.5. The number of amides is 1. The Labute approximate surface area is 172 Å². The highest BCUT2D eigenvalue weighted by molar-refractivity contribution is 7.09. The number of hydrogen-bond donors (Lipinski definition) is 0. The molecule has 0 bridgehead atoms. The van der Waals surface area contributed by atoms with E-state index < -0.39 is 0 Å². The average molecular weight is 399 g/mol. The molecule has 28 heavy (non-hydrogen) atoms. The van der Waals surface area contributed by atoms with Gasteiger partial charge in [-0.25, -0.2) is 4.98 Å². The van der Waals surface area contributed by atoms with Crippen LogP contribution in [0.3, 0.4) is 0 Å². The van der Waals surface area contributed by atoms with Crippen molar-refractivity contribution in [2.45, 2.75) is 25.3 Å². The molecular formula is C22H30N4OS.